The summed E-state index contributed by atoms with van der Waals surface area (Å²) in [7, 11) is 0. The van der Waals surface area contributed by atoms with E-state index in [1.54, 1.807) is 18.2 Å². The second kappa shape index (κ2) is 11.1. The van der Waals surface area contributed by atoms with Crippen LogP contribution in [0.5, 0.6) is 5.75 Å². The molecular weight excluding hydrogens is 600 g/mol. The number of rotatable bonds is 7. The van der Waals surface area contributed by atoms with Crippen LogP contribution in [0, 0.1) is 10.1 Å². The van der Waals surface area contributed by atoms with Gasteiger partial charge in [0.1, 0.15) is 5.75 Å². The average Bonchev–Trinajstić information content (AvgIpc) is 2.73. The van der Waals surface area contributed by atoms with E-state index in [2.05, 4.69) is 63.2 Å². The van der Waals surface area contributed by atoms with Crippen LogP contribution >= 0.6 is 47.8 Å². The van der Waals surface area contributed by atoms with Gasteiger partial charge in [-0.2, -0.15) is 5.10 Å². The quantitative estimate of drug-likeness (QED) is 0.255. The van der Waals surface area contributed by atoms with Crippen LogP contribution in [0.1, 0.15) is 24.8 Å². The highest BCUT2D eigenvalue weighted by atomic mass is 79.9. The molecule has 1 fully saturated rings. The number of piperidine rings is 1. The van der Waals surface area contributed by atoms with E-state index < -0.39 is 10.8 Å². The fraction of sp³-hybridized carbons (Fsp3) is 0.300. The van der Waals surface area contributed by atoms with Crippen molar-refractivity contribution >= 4 is 71.3 Å². The fourth-order valence-corrected chi connectivity index (χ4v) is 5.68. The SMILES string of the molecule is O=C(COc1c(Br)cc(Br)cc1Br)NN=Cc1cc([N+](=O)[O-])ccc1N1CCCCC1. The Hall–Kier alpha value is -1.98. The summed E-state index contributed by atoms with van der Waals surface area (Å²) in [4.78, 5) is 25.1. The number of hydrazone groups is 1. The Bertz CT molecular complexity index is 987. The summed E-state index contributed by atoms with van der Waals surface area (Å²) in [5, 5.41) is 15.2. The molecule has 11 heteroatoms. The second-order valence-electron chi connectivity index (χ2n) is 6.83. The third-order valence-electron chi connectivity index (χ3n) is 4.62. The molecule has 1 aliphatic heterocycles. The molecule has 0 radical (unpaired) electrons. The van der Waals surface area contributed by atoms with Crippen LogP contribution < -0.4 is 15.1 Å². The van der Waals surface area contributed by atoms with Crippen molar-refractivity contribution in [1.29, 1.82) is 0 Å². The number of nitrogens with zero attached hydrogens (tertiary/aromatic N) is 3. The molecule has 1 N–H and O–H groups in total. The van der Waals surface area contributed by atoms with Crippen molar-refractivity contribution in [2.24, 2.45) is 5.10 Å². The molecule has 0 saturated carbocycles. The maximum Gasteiger partial charge on any atom is 0.277 e. The number of ether oxygens (including phenoxy) is 1. The third kappa shape index (κ3) is 6.50. The predicted octanol–water partition coefficient (Wildman–Crippen LogP) is 5.40. The molecule has 3 rings (SSSR count). The topological polar surface area (TPSA) is 97.1 Å². The summed E-state index contributed by atoms with van der Waals surface area (Å²) in [6, 6.07) is 8.30. The number of anilines is 1. The van der Waals surface area contributed by atoms with Crippen molar-refractivity contribution < 1.29 is 14.5 Å². The highest BCUT2D eigenvalue weighted by molar-refractivity contribution is 9.11. The summed E-state index contributed by atoms with van der Waals surface area (Å²) in [6.07, 6.45) is 4.75. The number of nitro benzene ring substituents is 1. The lowest BCUT2D eigenvalue weighted by atomic mass is 10.1. The van der Waals surface area contributed by atoms with Crippen LogP contribution in [0.25, 0.3) is 0 Å². The van der Waals surface area contributed by atoms with Crippen LogP contribution in [-0.2, 0) is 4.79 Å². The monoisotopic (exact) mass is 616 g/mol. The van der Waals surface area contributed by atoms with Crippen LogP contribution in [0.3, 0.4) is 0 Å². The largest absolute Gasteiger partial charge is 0.481 e. The molecule has 0 bridgehead atoms. The van der Waals surface area contributed by atoms with Gasteiger partial charge in [0.15, 0.2) is 6.61 Å². The molecular formula is C20H19Br3N4O4. The highest BCUT2D eigenvalue weighted by Crippen LogP contribution is 2.36. The Morgan fingerprint density at radius 2 is 1.84 bits per heavy atom. The molecule has 2 aromatic carbocycles. The molecule has 1 amide bonds. The zero-order valence-corrected chi connectivity index (χ0v) is 21.1. The number of carbonyl (C=O) groups excluding carboxylic acids is 1. The van der Waals surface area contributed by atoms with E-state index >= 15 is 0 Å². The van der Waals surface area contributed by atoms with Gasteiger partial charge < -0.3 is 9.64 Å². The standard InChI is InChI=1S/C20H19Br3N4O4/c21-14-9-16(22)20(17(23)10-14)31-12-19(28)25-24-11-13-8-15(27(29)30)4-5-18(13)26-6-2-1-3-7-26/h4-5,8-11H,1-3,6-7,12H2,(H,25,28). The number of benzene rings is 2. The first kappa shape index (κ1) is 23.7. The van der Waals surface area contributed by atoms with Crippen molar-refractivity contribution in [3.8, 4) is 5.75 Å². The molecule has 0 atom stereocenters. The van der Waals surface area contributed by atoms with E-state index in [-0.39, 0.29) is 12.3 Å². The maximum atomic E-state index is 12.1. The first-order valence-electron chi connectivity index (χ1n) is 9.48. The lowest BCUT2D eigenvalue weighted by molar-refractivity contribution is -0.384. The predicted molar refractivity (Wildman–Crippen MR) is 130 cm³/mol. The molecule has 2 aromatic rings. The molecule has 0 unspecified atom stereocenters. The molecule has 1 aliphatic rings. The molecule has 1 heterocycles. The Balaban J connectivity index is 1.67. The van der Waals surface area contributed by atoms with Crippen molar-refractivity contribution in [2.45, 2.75) is 19.3 Å². The first-order valence-corrected chi connectivity index (χ1v) is 11.9. The molecule has 164 valence electrons. The van der Waals surface area contributed by atoms with Gasteiger partial charge >= 0.3 is 0 Å². The number of nitro groups is 1. The van der Waals surface area contributed by atoms with Gasteiger partial charge in [-0.3, -0.25) is 14.9 Å². The van der Waals surface area contributed by atoms with Gasteiger partial charge in [0, 0.05) is 40.9 Å². The van der Waals surface area contributed by atoms with Gasteiger partial charge in [-0.05, 0) is 69.3 Å². The molecule has 8 nitrogen and oxygen atoms in total. The smallest absolute Gasteiger partial charge is 0.277 e. The van der Waals surface area contributed by atoms with Gasteiger partial charge in [-0.1, -0.05) is 15.9 Å². The van der Waals surface area contributed by atoms with E-state index in [1.165, 1.54) is 24.8 Å². The first-order chi connectivity index (χ1) is 14.8. The number of halogens is 3. The molecule has 1 saturated heterocycles. The Kier molecular flexibility index (Phi) is 8.44. The van der Waals surface area contributed by atoms with Crippen molar-refractivity contribution in [3.05, 3.63) is 59.4 Å². The molecule has 0 aliphatic carbocycles. The summed E-state index contributed by atoms with van der Waals surface area (Å²) >= 11 is 10.2. The summed E-state index contributed by atoms with van der Waals surface area (Å²) < 4.78 is 7.79. The lowest BCUT2D eigenvalue weighted by Crippen LogP contribution is -2.30. The fourth-order valence-electron chi connectivity index (χ4n) is 3.19. The molecule has 0 aromatic heterocycles. The van der Waals surface area contributed by atoms with Crippen molar-refractivity contribution in [2.75, 3.05) is 24.6 Å². The summed E-state index contributed by atoms with van der Waals surface area (Å²) in [5.41, 5.74) is 3.82. The van der Waals surface area contributed by atoms with Gasteiger partial charge in [0.25, 0.3) is 11.6 Å². The van der Waals surface area contributed by atoms with E-state index in [1.807, 2.05) is 0 Å². The minimum atomic E-state index is -0.456. The van der Waals surface area contributed by atoms with Crippen LogP contribution in [0.4, 0.5) is 11.4 Å². The zero-order valence-electron chi connectivity index (χ0n) is 16.3. The average molecular weight is 619 g/mol. The Morgan fingerprint density at radius 1 is 1.16 bits per heavy atom. The van der Waals surface area contributed by atoms with Crippen LogP contribution in [-0.4, -0.2) is 36.7 Å². The third-order valence-corrected chi connectivity index (χ3v) is 6.26. The second-order valence-corrected chi connectivity index (χ2v) is 9.45. The van der Waals surface area contributed by atoms with Gasteiger partial charge in [-0.25, -0.2) is 5.43 Å². The normalized spacial score (nSPS) is 14.0. The Morgan fingerprint density at radius 3 is 2.48 bits per heavy atom. The van der Waals surface area contributed by atoms with E-state index in [9.17, 15) is 14.9 Å². The van der Waals surface area contributed by atoms with E-state index in [4.69, 9.17) is 4.74 Å². The molecule has 31 heavy (non-hydrogen) atoms. The van der Waals surface area contributed by atoms with Crippen molar-refractivity contribution in [3.63, 3.8) is 0 Å². The minimum absolute atomic E-state index is 0.0261. The van der Waals surface area contributed by atoms with Crippen molar-refractivity contribution in [1.82, 2.24) is 5.43 Å². The highest BCUT2D eigenvalue weighted by Gasteiger charge is 2.17. The van der Waals surface area contributed by atoms with E-state index in [0.717, 1.165) is 36.1 Å². The number of hydrogen-bond acceptors (Lipinski definition) is 6. The summed E-state index contributed by atoms with van der Waals surface area (Å²) in [5.74, 6) is 0.0383. The number of non-ortho nitro benzene ring substituents is 1. The van der Waals surface area contributed by atoms with Crippen LogP contribution in [0.2, 0.25) is 0 Å². The summed E-state index contributed by atoms with van der Waals surface area (Å²) in [6.45, 7) is 1.52. The van der Waals surface area contributed by atoms with Gasteiger partial charge in [0.05, 0.1) is 20.1 Å². The van der Waals surface area contributed by atoms with E-state index in [0.29, 0.717) is 20.3 Å². The number of hydrogen-bond donors (Lipinski definition) is 1. The van der Waals surface area contributed by atoms with Gasteiger partial charge in [-0.15, -0.1) is 0 Å². The Labute approximate surface area is 204 Å². The number of nitrogens with one attached hydrogen (secondary N) is 1. The number of amides is 1. The van der Waals surface area contributed by atoms with Gasteiger partial charge in [0.2, 0.25) is 0 Å². The lowest BCUT2D eigenvalue weighted by Gasteiger charge is -2.29. The van der Waals surface area contributed by atoms with Crippen LogP contribution in [0.15, 0.2) is 48.9 Å². The maximum absolute atomic E-state index is 12.1. The molecule has 0 spiro atoms. The zero-order chi connectivity index (χ0) is 22.4. The minimum Gasteiger partial charge on any atom is -0.481 e. The number of carbonyl (C=O) groups is 1.